The van der Waals surface area contributed by atoms with E-state index in [9.17, 15) is 18.3 Å². The third kappa shape index (κ3) is 5.70. The highest BCUT2D eigenvalue weighted by atomic mass is 79.9. The lowest BCUT2D eigenvalue weighted by Gasteiger charge is -2.32. The molecule has 9 heteroatoms. The van der Waals surface area contributed by atoms with Gasteiger partial charge < -0.3 is 15.7 Å². The van der Waals surface area contributed by atoms with Gasteiger partial charge in [0.15, 0.2) is 5.69 Å². The molecule has 1 aliphatic carbocycles. The van der Waals surface area contributed by atoms with E-state index in [1.165, 1.54) is 0 Å². The molecular weight excluding hydrogens is 449 g/mol. The predicted molar refractivity (Wildman–Crippen MR) is 110 cm³/mol. The first-order chi connectivity index (χ1) is 13.7. The molecular formula is C20H22BrF3N4O. The summed E-state index contributed by atoms with van der Waals surface area (Å²) in [6, 6.07) is 6.94. The summed E-state index contributed by atoms with van der Waals surface area (Å²) in [5.41, 5.74) is -1.67. The van der Waals surface area contributed by atoms with Crippen molar-refractivity contribution in [3.63, 3.8) is 0 Å². The summed E-state index contributed by atoms with van der Waals surface area (Å²) >= 11 is 3.31. The molecule has 3 N–H and O–H groups in total. The highest BCUT2D eigenvalue weighted by Gasteiger charge is 2.37. The summed E-state index contributed by atoms with van der Waals surface area (Å²) in [7, 11) is 0. The second-order valence-electron chi connectivity index (χ2n) is 7.21. The number of aromatic nitrogens is 2. The van der Waals surface area contributed by atoms with Crippen LogP contribution in [0, 0.1) is 0 Å². The van der Waals surface area contributed by atoms with Gasteiger partial charge in [-0.2, -0.15) is 13.2 Å². The van der Waals surface area contributed by atoms with Crippen LogP contribution in [-0.4, -0.2) is 27.2 Å². The quantitative estimate of drug-likeness (QED) is 0.537. The number of aliphatic hydroxyl groups is 1. The molecule has 0 aliphatic heterocycles. The Morgan fingerprint density at radius 2 is 1.97 bits per heavy atom. The number of benzene rings is 1. The SMILES string of the molecule is C=C(NCC1(O)CCCCC1)c1cnc(Nc2cccc(Br)c2)nc1C(F)(F)F. The molecule has 0 unspecified atom stereocenters. The van der Waals surface area contributed by atoms with Crippen molar-refractivity contribution in [2.45, 2.75) is 43.9 Å². The van der Waals surface area contributed by atoms with Gasteiger partial charge in [-0.05, 0) is 31.0 Å². The largest absolute Gasteiger partial charge is 0.434 e. The number of nitrogens with one attached hydrogen (secondary N) is 2. The van der Waals surface area contributed by atoms with E-state index in [0.717, 1.165) is 29.9 Å². The van der Waals surface area contributed by atoms with Crippen LogP contribution in [-0.2, 0) is 6.18 Å². The number of hydrogen-bond donors (Lipinski definition) is 3. The summed E-state index contributed by atoms with van der Waals surface area (Å²) in [6.07, 6.45) is 0.502. The molecule has 1 aliphatic rings. The molecule has 1 aromatic heterocycles. The number of rotatable bonds is 6. The maximum atomic E-state index is 13.6. The highest BCUT2D eigenvalue weighted by molar-refractivity contribution is 9.10. The summed E-state index contributed by atoms with van der Waals surface area (Å²) in [6.45, 7) is 3.85. The molecule has 2 aromatic rings. The lowest BCUT2D eigenvalue weighted by Crippen LogP contribution is -2.41. The Morgan fingerprint density at radius 3 is 2.62 bits per heavy atom. The van der Waals surface area contributed by atoms with Crippen molar-refractivity contribution in [3.05, 3.63) is 52.8 Å². The fourth-order valence-corrected chi connectivity index (χ4v) is 3.73. The Kier molecular flexibility index (Phi) is 6.48. The van der Waals surface area contributed by atoms with Gasteiger partial charge >= 0.3 is 6.18 Å². The molecule has 29 heavy (non-hydrogen) atoms. The van der Waals surface area contributed by atoms with Gasteiger partial charge in [-0.25, -0.2) is 9.97 Å². The van der Waals surface area contributed by atoms with Crippen LogP contribution in [0.4, 0.5) is 24.8 Å². The van der Waals surface area contributed by atoms with E-state index in [1.807, 2.05) is 0 Å². The molecule has 0 radical (unpaired) electrons. The zero-order valence-electron chi connectivity index (χ0n) is 15.7. The Hall–Kier alpha value is -2.13. The third-order valence-electron chi connectivity index (χ3n) is 4.88. The Balaban J connectivity index is 1.79. The standard InChI is InChI=1S/C20H22BrF3N4O/c1-13(26-12-19(29)8-3-2-4-9-19)16-11-25-18(28-17(16)20(22,23)24)27-15-7-5-6-14(21)10-15/h5-7,10-11,26,29H,1-4,8-9,12H2,(H,25,27,28). The van der Waals surface area contributed by atoms with E-state index >= 15 is 0 Å². The third-order valence-corrected chi connectivity index (χ3v) is 5.37. The summed E-state index contributed by atoms with van der Waals surface area (Å²) in [5.74, 6) is -0.169. The van der Waals surface area contributed by atoms with Crippen LogP contribution in [0.1, 0.15) is 43.4 Å². The van der Waals surface area contributed by atoms with E-state index in [2.05, 4.69) is 43.1 Å². The number of hydrogen-bond acceptors (Lipinski definition) is 5. The molecule has 3 rings (SSSR count). The molecule has 0 amide bonds. The van der Waals surface area contributed by atoms with Gasteiger partial charge in [-0.1, -0.05) is 47.8 Å². The van der Waals surface area contributed by atoms with E-state index in [4.69, 9.17) is 0 Å². The van der Waals surface area contributed by atoms with Crippen molar-refractivity contribution < 1.29 is 18.3 Å². The van der Waals surface area contributed by atoms with Gasteiger partial charge in [0, 0.05) is 34.2 Å². The Morgan fingerprint density at radius 1 is 1.24 bits per heavy atom. The van der Waals surface area contributed by atoms with Gasteiger partial charge in [0.2, 0.25) is 5.95 Å². The van der Waals surface area contributed by atoms with Gasteiger partial charge in [-0.3, -0.25) is 0 Å². The molecule has 156 valence electrons. The van der Waals surface area contributed by atoms with Gasteiger partial charge in [0.05, 0.1) is 5.60 Å². The number of halogens is 4. The molecule has 0 spiro atoms. The first-order valence-corrected chi connectivity index (χ1v) is 10.1. The monoisotopic (exact) mass is 470 g/mol. The fraction of sp³-hybridized carbons (Fsp3) is 0.400. The van der Waals surface area contributed by atoms with Crippen molar-refractivity contribution in [2.24, 2.45) is 0 Å². The molecule has 1 saturated carbocycles. The van der Waals surface area contributed by atoms with Crippen LogP contribution in [0.2, 0.25) is 0 Å². The average molecular weight is 471 g/mol. The Bertz CT molecular complexity index is 882. The Labute approximate surface area is 175 Å². The second kappa shape index (κ2) is 8.71. The average Bonchev–Trinajstić information content (AvgIpc) is 2.66. The number of anilines is 2. The van der Waals surface area contributed by atoms with Crippen LogP contribution in [0.15, 0.2) is 41.5 Å². The van der Waals surface area contributed by atoms with Gasteiger partial charge in [0.25, 0.3) is 0 Å². The van der Waals surface area contributed by atoms with Crippen LogP contribution >= 0.6 is 15.9 Å². The van der Waals surface area contributed by atoms with Crippen molar-refractivity contribution >= 4 is 33.3 Å². The normalized spacial score (nSPS) is 16.3. The smallest absolute Gasteiger partial charge is 0.388 e. The molecule has 1 heterocycles. The van der Waals surface area contributed by atoms with Crippen LogP contribution in [0.5, 0.6) is 0 Å². The van der Waals surface area contributed by atoms with E-state index in [-0.39, 0.29) is 23.8 Å². The lowest BCUT2D eigenvalue weighted by atomic mass is 9.85. The summed E-state index contributed by atoms with van der Waals surface area (Å²) < 4.78 is 41.6. The lowest BCUT2D eigenvalue weighted by molar-refractivity contribution is -0.141. The maximum absolute atomic E-state index is 13.6. The fourth-order valence-electron chi connectivity index (χ4n) is 3.33. The van der Waals surface area contributed by atoms with E-state index in [0.29, 0.717) is 18.5 Å². The van der Waals surface area contributed by atoms with E-state index < -0.39 is 17.5 Å². The zero-order valence-corrected chi connectivity index (χ0v) is 17.3. The topological polar surface area (TPSA) is 70.1 Å². The number of alkyl halides is 3. The molecule has 1 fully saturated rings. The summed E-state index contributed by atoms with van der Waals surface area (Å²) in [4.78, 5) is 7.69. The minimum atomic E-state index is -4.68. The minimum absolute atomic E-state index is 0.0327. The van der Waals surface area contributed by atoms with Crippen molar-refractivity contribution in [1.82, 2.24) is 15.3 Å². The second-order valence-corrected chi connectivity index (χ2v) is 8.12. The molecule has 0 bridgehead atoms. The maximum Gasteiger partial charge on any atom is 0.434 e. The highest BCUT2D eigenvalue weighted by Crippen LogP contribution is 2.34. The van der Waals surface area contributed by atoms with Crippen molar-refractivity contribution in [2.75, 3.05) is 11.9 Å². The van der Waals surface area contributed by atoms with Crippen molar-refractivity contribution in [1.29, 1.82) is 0 Å². The van der Waals surface area contributed by atoms with Crippen LogP contribution in [0.3, 0.4) is 0 Å². The molecule has 0 saturated heterocycles. The molecule has 5 nitrogen and oxygen atoms in total. The molecule has 0 atom stereocenters. The minimum Gasteiger partial charge on any atom is -0.388 e. The van der Waals surface area contributed by atoms with Crippen molar-refractivity contribution in [3.8, 4) is 0 Å². The first kappa shape index (κ1) is 21.6. The number of nitrogens with zero attached hydrogens (tertiary/aromatic N) is 2. The summed E-state index contributed by atoms with van der Waals surface area (Å²) in [5, 5.41) is 16.2. The van der Waals surface area contributed by atoms with Crippen LogP contribution in [0.25, 0.3) is 5.70 Å². The molecule has 1 aromatic carbocycles. The van der Waals surface area contributed by atoms with E-state index in [1.54, 1.807) is 24.3 Å². The van der Waals surface area contributed by atoms with Crippen LogP contribution < -0.4 is 10.6 Å². The predicted octanol–water partition coefficient (Wildman–Crippen LogP) is 5.26. The zero-order chi connectivity index (χ0) is 21.1. The van der Waals surface area contributed by atoms with Gasteiger partial charge in [0.1, 0.15) is 0 Å². The van der Waals surface area contributed by atoms with Gasteiger partial charge in [-0.15, -0.1) is 0 Å². The first-order valence-electron chi connectivity index (χ1n) is 9.29.